The van der Waals surface area contributed by atoms with E-state index >= 15 is 0 Å². The molecule has 0 spiro atoms. The zero-order valence-corrected chi connectivity index (χ0v) is 12.8. The summed E-state index contributed by atoms with van der Waals surface area (Å²) in [6, 6.07) is -0.319. The molecule has 0 N–H and O–H groups in total. The molecule has 0 unspecified atom stereocenters. The molecular weight excluding hydrogens is 341 g/mol. The molecule has 0 aliphatic heterocycles. The van der Waals surface area contributed by atoms with Gasteiger partial charge in [-0.3, -0.25) is 0 Å². The van der Waals surface area contributed by atoms with Crippen molar-refractivity contribution in [2.24, 2.45) is 0 Å². The van der Waals surface area contributed by atoms with Crippen molar-refractivity contribution in [3.05, 3.63) is 0 Å². The number of halogens is 1. The van der Waals surface area contributed by atoms with Crippen molar-refractivity contribution in [1.82, 2.24) is 3.11 Å². The van der Waals surface area contributed by atoms with Crippen LogP contribution in [0.2, 0.25) is 0 Å². The van der Waals surface area contributed by atoms with Gasteiger partial charge < -0.3 is 4.74 Å². The number of methoxy groups -OCH3 is 1. The summed E-state index contributed by atoms with van der Waals surface area (Å²) < 4.78 is 29.6. The average Bonchev–Trinajstić information content (AvgIpc) is 2.16. The van der Waals surface area contributed by atoms with E-state index in [1.807, 2.05) is 10.0 Å². The van der Waals surface area contributed by atoms with Crippen molar-refractivity contribution < 1.29 is 13.2 Å². The summed E-state index contributed by atoms with van der Waals surface area (Å²) in [7, 11) is -1.61. The van der Waals surface area contributed by atoms with E-state index in [1.54, 1.807) is 0 Å². The summed E-state index contributed by atoms with van der Waals surface area (Å²) in [5, 5.41) is 0. The fourth-order valence-corrected chi connectivity index (χ4v) is 3.22. The lowest BCUT2D eigenvalue weighted by atomic mass is 10.2. The number of hydrogen-bond acceptors (Lipinski definition) is 4. The van der Waals surface area contributed by atoms with Crippen molar-refractivity contribution in [2.75, 3.05) is 25.7 Å². The Labute approximate surface area is 112 Å². The van der Waals surface area contributed by atoms with Crippen molar-refractivity contribution in [3.8, 4) is 12.3 Å². The zero-order chi connectivity index (χ0) is 12.8. The van der Waals surface area contributed by atoms with E-state index in [0.717, 1.165) is 13.0 Å². The first-order valence-corrected chi connectivity index (χ1v) is 7.97. The Morgan fingerprint density at radius 1 is 1.56 bits per heavy atom. The topological polar surface area (TPSA) is 46.6 Å². The first-order valence-electron chi connectivity index (χ1n) is 4.94. The summed E-state index contributed by atoms with van der Waals surface area (Å²) in [4.78, 5) is 0. The highest BCUT2D eigenvalue weighted by atomic mass is 127. The molecule has 0 aromatic carbocycles. The van der Waals surface area contributed by atoms with E-state index in [2.05, 4.69) is 28.8 Å². The second-order valence-electron chi connectivity index (χ2n) is 3.60. The molecule has 4 nitrogen and oxygen atoms in total. The minimum Gasteiger partial charge on any atom is -0.378 e. The molecule has 0 radical (unpaired) electrons. The third kappa shape index (κ3) is 6.03. The molecule has 0 aliphatic rings. The van der Waals surface area contributed by atoms with Crippen LogP contribution in [0.4, 0.5) is 0 Å². The molecule has 0 rings (SSSR count). The highest BCUT2D eigenvalue weighted by molar-refractivity contribution is 14.1. The van der Waals surface area contributed by atoms with Crippen LogP contribution in [0.15, 0.2) is 0 Å². The van der Waals surface area contributed by atoms with E-state index in [0.29, 0.717) is 0 Å². The van der Waals surface area contributed by atoms with E-state index in [4.69, 9.17) is 11.2 Å². The summed E-state index contributed by atoms with van der Waals surface area (Å²) in [6.07, 6.45) is 7.08. The number of nitrogens with zero attached hydrogens (tertiary/aromatic N) is 1. The Bertz CT molecular complexity index is 336. The Hall–Kier alpha value is 0.160. The lowest BCUT2D eigenvalue weighted by Crippen LogP contribution is -2.42. The highest BCUT2D eigenvalue weighted by Gasteiger charge is 2.27. The van der Waals surface area contributed by atoms with Crippen LogP contribution >= 0.6 is 22.9 Å². The molecular formula is C10H18INO3S. The molecule has 0 aromatic heterocycles. The van der Waals surface area contributed by atoms with Gasteiger partial charge in [0.15, 0.2) is 0 Å². The largest absolute Gasteiger partial charge is 0.378 e. The van der Waals surface area contributed by atoms with Gasteiger partial charge in [-0.25, -0.2) is 11.5 Å². The standard InChI is InChI=1S/C10H18INO3S/c1-5-7-12(11)9(6-2)10(15-3)8-16(4,13)14/h2,9-10H,5,7-8H2,1,3-4H3/t9-,10+/m1/s1. The van der Waals surface area contributed by atoms with Gasteiger partial charge in [0.2, 0.25) is 0 Å². The molecule has 0 saturated carbocycles. The smallest absolute Gasteiger partial charge is 0.150 e. The van der Waals surface area contributed by atoms with Gasteiger partial charge >= 0.3 is 0 Å². The number of hydrogen-bond donors (Lipinski definition) is 0. The molecule has 0 amide bonds. The van der Waals surface area contributed by atoms with Gasteiger partial charge in [-0.1, -0.05) is 12.8 Å². The molecule has 94 valence electrons. The number of ether oxygens (including phenoxy) is 1. The number of sulfone groups is 1. The van der Waals surface area contributed by atoms with Gasteiger partial charge in [0.1, 0.15) is 15.9 Å². The van der Waals surface area contributed by atoms with Crippen LogP contribution in [0.1, 0.15) is 13.3 Å². The first-order chi connectivity index (χ1) is 7.35. The van der Waals surface area contributed by atoms with E-state index in [9.17, 15) is 8.42 Å². The number of rotatable bonds is 7. The van der Waals surface area contributed by atoms with E-state index in [1.165, 1.54) is 13.4 Å². The van der Waals surface area contributed by atoms with Crippen LogP contribution in [0.5, 0.6) is 0 Å². The highest BCUT2D eigenvalue weighted by Crippen LogP contribution is 2.14. The van der Waals surface area contributed by atoms with Crippen LogP contribution < -0.4 is 0 Å². The molecule has 2 atom stereocenters. The fourth-order valence-electron chi connectivity index (χ4n) is 1.31. The molecule has 0 saturated heterocycles. The van der Waals surface area contributed by atoms with Gasteiger partial charge in [0, 0.05) is 42.8 Å². The summed E-state index contributed by atoms with van der Waals surface area (Å²) >= 11 is 2.11. The third-order valence-electron chi connectivity index (χ3n) is 2.03. The Kier molecular flexibility index (Phi) is 7.55. The van der Waals surface area contributed by atoms with Gasteiger partial charge in [-0.15, -0.1) is 6.42 Å². The van der Waals surface area contributed by atoms with Crippen molar-refractivity contribution in [3.63, 3.8) is 0 Å². The second kappa shape index (κ2) is 7.48. The maximum absolute atomic E-state index is 11.2. The Balaban J connectivity index is 4.71. The minimum absolute atomic E-state index is 0.0540. The summed E-state index contributed by atoms with van der Waals surface area (Å²) in [6.45, 7) is 2.84. The van der Waals surface area contributed by atoms with Crippen molar-refractivity contribution in [2.45, 2.75) is 25.5 Å². The molecule has 0 aliphatic carbocycles. The van der Waals surface area contributed by atoms with Gasteiger partial charge in [0.05, 0.1) is 11.9 Å². The van der Waals surface area contributed by atoms with Crippen LogP contribution in [0.3, 0.4) is 0 Å². The van der Waals surface area contributed by atoms with Gasteiger partial charge in [-0.05, 0) is 6.42 Å². The molecule has 0 heterocycles. The first kappa shape index (κ1) is 16.2. The lowest BCUT2D eigenvalue weighted by molar-refractivity contribution is 0.0863. The zero-order valence-electron chi connectivity index (χ0n) is 9.81. The molecule has 16 heavy (non-hydrogen) atoms. The molecule has 0 aromatic rings. The average molecular weight is 359 g/mol. The quantitative estimate of drug-likeness (QED) is 0.388. The van der Waals surface area contributed by atoms with E-state index in [-0.39, 0.29) is 11.8 Å². The minimum atomic E-state index is -3.09. The SMILES string of the molecule is C#C[C@H]([C@H](CS(C)(=O)=O)OC)N(I)CCC. The summed E-state index contributed by atoms with van der Waals surface area (Å²) in [5.74, 6) is 2.54. The normalized spacial score (nSPS) is 15.8. The maximum Gasteiger partial charge on any atom is 0.150 e. The predicted octanol–water partition coefficient (Wildman–Crippen LogP) is 1.11. The molecule has 0 bridgehead atoms. The second-order valence-corrected chi connectivity index (χ2v) is 7.03. The molecule has 6 heteroatoms. The Morgan fingerprint density at radius 3 is 2.44 bits per heavy atom. The summed E-state index contributed by atoms with van der Waals surface area (Å²) in [5.41, 5.74) is 0. The van der Waals surface area contributed by atoms with Crippen LogP contribution in [-0.4, -0.2) is 49.3 Å². The maximum atomic E-state index is 11.2. The van der Waals surface area contributed by atoms with Crippen LogP contribution in [-0.2, 0) is 14.6 Å². The van der Waals surface area contributed by atoms with E-state index < -0.39 is 15.9 Å². The third-order valence-corrected chi connectivity index (χ3v) is 4.05. The Morgan fingerprint density at radius 2 is 2.12 bits per heavy atom. The van der Waals surface area contributed by atoms with Crippen molar-refractivity contribution >= 4 is 32.7 Å². The van der Waals surface area contributed by atoms with Gasteiger partial charge in [-0.2, -0.15) is 0 Å². The lowest BCUT2D eigenvalue weighted by Gasteiger charge is -2.27. The van der Waals surface area contributed by atoms with Gasteiger partial charge in [0.25, 0.3) is 0 Å². The number of terminal acetylenes is 1. The predicted molar refractivity (Wildman–Crippen MR) is 74.1 cm³/mol. The van der Waals surface area contributed by atoms with Crippen LogP contribution in [0.25, 0.3) is 0 Å². The monoisotopic (exact) mass is 359 g/mol. The van der Waals surface area contributed by atoms with Crippen molar-refractivity contribution in [1.29, 1.82) is 0 Å². The molecule has 0 fully saturated rings. The fraction of sp³-hybridized carbons (Fsp3) is 0.800. The van der Waals surface area contributed by atoms with Crippen LogP contribution in [0, 0.1) is 12.3 Å².